The molecule has 1 rings (SSSR count). The van der Waals surface area contributed by atoms with Crippen LogP contribution in [-0.4, -0.2) is 6.29 Å². The number of carbonyl (C=O) groups is 1. The molecule has 0 unspecified atom stereocenters. The van der Waals surface area contributed by atoms with Crippen LogP contribution in [0.3, 0.4) is 0 Å². The van der Waals surface area contributed by atoms with Crippen LogP contribution < -0.4 is 0 Å². The van der Waals surface area contributed by atoms with Crippen LogP contribution in [0, 0.1) is 0 Å². The van der Waals surface area contributed by atoms with Gasteiger partial charge in [0.2, 0.25) is 0 Å². The Balaban J connectivity index is 2.29. The zero-order valence-corrected chi connectivity index (χ0v) is 12.5. The van der Waals surface area contributed by atoms with Crippen LogP contribution in [0.2, 0.25) is 0 Å². The van der Waals surface area contributed by atoms with E-state index in [2.05, 4.69) is 39.0 Å². The Bertz CT molecular complexity index is 415. The normalized spacial score (nSPS) is 15.6. The first kappa shape index (κ1) is 15.7. The first-order valence-electron chi connectivity index (χ1n) is 7.24. The van der Waals surface area contributed by atoms with Gasteiger partial charge in [0.25, 0.3) is 0 Å². The van der Waals surface area contributed by atoms with Crippen molar-refractivity contribution < 1.29 is 4.79 Å². The summed E-state index contributed by atoms with van der Waals surface area (Å²) in [6.45, 7) is 6.52. The van der Waals surface area contributed by atoms with Gasteiger partial charge in [-0.1, -0.05) is 41.0 Å². The van der Waals surface area contributed by atoms with Crippen molar-refractivity contribution in [2.75, 3.05) is 0 Å². The minimum absolute atomic E-state index is 0.915. The minimum Gasteiger partial charge on any atom is -0.298 e. The third kappa shape index (κ3) is 6.95. The van der Waals surface area contributed by atoms with Gasteiger partial charge in [0.15, 0.2) is 0 Å². The Morgan fingerprint density at radius 3 is 2.47 bits per heavy atom. The molecule has 0 atom stereocenters. The molecule has 104 valence electrons. The number of allylic oxidation sites excluding steroid dienone is 8. The van der Waals surface area contributed by atoms with E-state index in [4.69, 9.17) is 0 Å². The average molecular weight is 258 g/mol. The van der Waals surface area contributed by atoms with E-state index >= 15 is 0 Å². The predicted octanol–water partition coefficient (Wildman–Crippen LogP) is 5.30. The summed E-state index contributed by atoms with van der Waals surface area (Å²) in [7, 11) is 0. The second-order valence-corrected chi connectivity index (χ2v) is 5.59. The van der Waals surface area contributed by atoms with Crippen LogP contribution in [-0.2, 0) is 4.79 Å². The highest BCUT2D eigenvalue weighted by molar-refractivity contribution is 5.74. The lowest BCUT2D eigenvalue weighted by Crippen LogP contribution is -1.94. The molecule has 0 radical (unpaired) electrons. The first-order valence-corrected chi connectivity index (χ1v) is 7.24. The van der Waals surface area contributed by atoms with E-state index in [0.717, 1.165) is 44.0 Å². The van der Waals surface area contributed by atoms with Gasteiger partial charge in [0.05, 0.1) is 0 Å². The van der Waals surface area contributed by atoms with Crippen LogP contribution in [0.15, 0.2) is 46.6 Å². The van der Waals surface area contributed by atoms with Gasteiger partial charge in [0.1, 0.15) is 6.29 Å². The van der Waals surface area contributed by atoms with E-state index in [1.54, 1.807) is 0 Å². The van der Waals surface area contributed by atoms with Crippen molar-refractivity contribution in [3.8, 4) is 0 Å². The van der Waals surface area contributed by atoms with Crippen LogP contribution in [0.5, 0.6) is 0 Å². The molecular weight excluding hydrogens is 232 g/mol. The summed E-state index contributed by atoms with van der Waals surface area (Å²) in [6.07, 6.45) is 16.3. The molecule has 0 spiro atoms. The molecule has 1 nitrogen and oxygen atoms in total. The third-order valence-electron chi connectivity index (χ3n) is 3.47. The maximum absolute atomic E-state index is 10.6. The highest BCUT2D eigenvalue weighted by atomic mass is 16.1. The van der Waals surface area contributed by atoms with Crippen molar-refractivity contribution >= 4 is 6.29 Å². The van der Waals surface area contributed by atoms with Crippen molar-refractivity contribution in [3.63, 3.8) is 0 Å². The first-order chi connectivity index (χ1) is 9.11. The molecule has 0 amide bonds. The van der Waals surface area contributed by atoms with Crippen LogP contribution in [0.1, 0.15) is 59.3 Å². The Morgan fingerprint density at radius 2 is 1.89 bits per heavy atom. The molecule has 0 fully saturated rings. The van der Waals surface area contributed by atoms with Crippen molar-refractivity contribution in [1.29, 1.82) is 0 Å². The Labute approximate surface area is 117 Å². The molecule has 0 heterocycles. The van der Waals surface area contributed by atoms with Crippen LogP contribution >= 0.6 is 0 Å². The number of rotatable bonds is 7. The average Bonchev–Trinajstić information content (AvgIpc) is 2.39. The van der Waals surface area contributed by atoms with Crippen LogP contribution in [0.25, 0.3) is 0 Å². The fourth-order valence-corrected chi connectivity index (χ4v) is 2.20. The fourth-order valence-electron chi connectivity index (χ4n) is 2.20. The van der Waals surface area contributed by atoms with Crippen molar-refractivity contribution in [1.82, 2.24) is 0 Å². The van der Waals surface area contributed by atoms with Gasteiger partial charge in [-0.2, -0.15) is 0 Å². The van der Waals surface area contributed by atoms with E-state index in [1.165, 1.54) is 23.1 Å². The van der Waals surface area contributed by atoms with E-state index in [0.29, 0.717) is 0 Å². The molecule has 0 aromatic rings. The van der Waals surface area contributed by atoms with E-state index in [1.807, 2.05) is 6.08 Å². The van der Waals surface area contributed by atoms with Gasteiger partial charge in [0, 0.05) is 0 Å². The highest BCUT2D eigenvalue weighted by Crippen LogP contribution is 2.21. The van der Waals surface area contributed by atoms with Crippen LogP contribution in [0.4, 0.5) is 0 Å². The molecule has 0 saturated carbocycles. The monoisotopic (exact) mass is 258 g/mol. The van der Waals surface area contributed by atoms with Gasteiger partial charge >= 0.3 is 0 Å². The fraction of sp³-hybridized carbons (Fsp3) is 0.500. The molecule has 1 aliphatic carbocycles. The van der Waals surface area contributed by atoms with E-state index < -0.39 is 0 Å². The molecule has 1 aliphatic rings. The van der Waals surface area contributed by atoms with E-state index in [9.17, 15) is 4.79 Å². The summed E-state index contributed by atoms with van der Waals surface area (Å²) >= 11 is 0. The molecule has 0 saturated heterocycles. The minimum atomic E-state index is 0.915. The van der Waals surface area contributed by atoms with Gasteiger partial charge in [-0.25, -0.2) is 0 Å². The maximum Gasteiger partial charge on any atom is 0.146 e. The van der Waals surface area contributed by atoms with Crippen molar-refractivity contribution in [2.45, 2.75) is 59.3 Å². The van der Waals surface area contributed by atoms with Crippen molar-refractivity contribution in [3.05, 3.63) is 46.6 Å². The predicted molar refractivity (Wildman–Crippen MR) is 83.1 cm³/mol. The van der Waals surface area contributed by atoms with E-state index in [-0.39, 0.29) is 0 Å². The molecule has 1 heteroatoms. The summed E-state index contributed by atoms with van der Waals surface area (Å²) < 4.78 is 0. The standard InChI is InChI=1S/C18H26O/c1-15(2)6-4-7-16(3)8-5-9-17-10-12-18(14-19)13-11-17/h6,8,10,12,14H,4-5,7,9,11,13H2,1-3H3. The van der Waals surface area contributed by atoms with Gasteiger partial charge < -0.3 is 0 Å². The lowest BCUT2D eigenvalue weighted by Gasteiger charge is -2.10. The molecular formula is C18H26O. The molecule has 0 aliphatic heterocycles. The zero-order chi connectivity index (χ0) is 14.1. The quantitative estimate of drug-likeness (QED) is 0.447. The zero-order valence-electron chi connectivity index (χ0n) is 12.5. The maximum atomic E-state index is 10.6. The summed E-state index contributed by atoms with van der Waals surface area (Å²) in [5.41, 5.74) is 5.28. The SMILES string of the molecule is CC(C)=CCCC(C)=CCCC1=CC=C(C=O)CC1. The summed E-state index contributed by atoms with van der Waals surface area (Å²) in [5, 5.41) is 0. The molecule has 0 aromatic heterocycles. The third-order valence-corrected chi connectivity index (χ3v) is 3.47. The summed E-state index contributed by atoms with van der Waals surface area (Å²) in [5.74, 6) is 0. The van der Waals surface area contributed by atoms with Gasteiger partial charge in [-0.05, 0) is 64.9 Å². The number of hydrogen-bond donors (Lipinski definition) is 0. The second-order valence-electron chi connectivity index (χ2n) is 5.59. The summed E-state index contributed by atoms with van der Waals surface area (Å²) in [4.78, 5) is 10.6. The largest absolute Gasteiger partial charge is 0.298 e. The summed E-state index contributed by atoms with van der Waals surface area (Å²) in [6, 6.07) is 0. The number of hydrogen-bond acceptors (Lipinski definition) is 1. The molecule has 19 heavy (non-hydrogen) atoms. The molecule has 0 bridgehead atoms. The topological polar surface area (TPSA) is 17.1 Å². The Hall–Kier alpha value is -1.37. The molecule has 0 N–H and O–H groups in total. The van der Waals surface area contributed by atoms with Gasteiger partial charge in [-0.3, -0.25) is 4.79 Å². The number of carbonyl (C=O) groups excluding carboxylic acids is 1. The number of aldehydes is 1. The lowest BCUT2D eigenvalue weighted by atomic mass is 9.95. The van der Waals surface area contributed by atoms with Gasteiger partial charge in [-0.15, -0.1) is 0 Å². The smallest absolute Gasteiger partial charge is 0.146 e. The second kappa shape index (κ2) is 8.68. The lowest BCUT2D eigenvalue weighted by molar-refractivity contribution is -0.105. The highest BCUT2D eigenvalue weighted by Gasteiger charge is 2.04. The Kier molecular flexibility index (Phi) is 7.17. The Morgan fingerprint density at radius 1 is 1.11 bits per heavy atom. The van der Waals surface area contributed by atoms with Crippen molar-refractivity contribution in [2.24, 2.45) is 0 Å². The molecule has 0 aromatic carbocycles.